The molecule has 0 radical (unpaired) electrons. The van der Waals surface area contributed by atoms with Gasteiger partial charge in [0.05, 0.1) is 16.3 Å². The monoisotopic (exact) mass is 265 g/mol. The van der Waals surface area contributed by atoms with E-state index in [9.17, 15) is 9.59 Å². The minimum Gasteiger partial charge on any atom is -0.478 e. The zero-order chi connectivity index (χ0) is 13.1. The van der Waals surface area contributed by atoms with Crippen molar-refractivity contribution in [1.82, 2.24) is 0 Å². The number of amides is 1. The van der Waals surface area contributed by atoms with Gasteiger partial charge in [-0.05, 0) is 31.0 Å². The van der Waals surface area contributed by atoms with Crippen LogP contribution in [0, 0.1) is 5.92 Å². The molecule has 94 valence electrons. The fraction of sp³-hybridized carbons (Fsp3) is 0.231. The van der Waals surface area contributed by atoms with E-state index in [1.807, 2.05) is 12.2 Å². The van der Waals surface area contributed by atoms with Crippen LogP contribution < -0.4 is 5.32 Å². The molecule has 5 heteroatoms. The van der Waals surface area contributed by atoms with Crippen LogP contribution in [-0.4, -0.2) is 17.0 Å². The van der Waals surface area contributed by atoms with Crippen molar-refractivity contribution in [2.45, 2.75) is 12.8 Å². The highest BCUT2D eigenvalue weighted by Gasteiger charge is 2.20. The van der Waals surface area contributed by atoms with Crippen LogP contribution in [0.25, 0.3) is 0 Å². The molecule has 1 aromatic rings. The first-order valence-corrected chi connectivity index (χ1v) is 5.94. The van der Waals surface area contributed by atoms with Gasteiger partial charge < -0.3 is 10.4 Å². The molecular formula is C13H12ClNO3. The Kier molecular flexibility index (Phi) is 3.67. The molecule has 0 saturated heterocycles. The minimum absolute atomic E-state index is 0.0554. The average molecular weight is 266 g/mol. The zero-order valence-electron chi connectivity index (χ0n) is 9.52. The van der Waals surface area contributed by atoms with Crippen LogP contribution in [0.15, 0.2) is 30.4 Å². The van der Waals surface area contributed by atoms with Crippen molar-refractivity contribution in [3.8, 4) is 0 Å². The molecule has 0 aromatic heterocycles. The molecule has 2 rings (SSSR count). The first-order chi connectivity index (χ1) is 8.58. The highest BCUT2D eigenvalue weighted by molar-refractivity contribution is 6.34. The van der Waals surface area contributed by atoms with Gasteiger partial charge in [-0.25, -0.2) is 4.79 Å². The molecule has 0 fully saturated rings. The number of carboxylic acid groups (broad SMARTS) is 1. The highest BCUT2D eigenvalue weighted by Crippen LogP contribution is 2.25. The van der Waals surface area contributed by atoms with Crippen LogP contribution >= 0.6 is 11.6 Å². The minimum atomic E-state index is -1.05. The van der Waals surface area contributed by atoms with Crippen LogP contribution in [0.3, 0.4) is 0 Å². The van der Waals surface area contributed by atoms with E-state index in [1.165, 1.54) is 18.2 Å². The number of aromatic carboxylic acids is 1. The van der Waals surface area contributed by atoms with E-state index in [-0.39, 0.29) is 22.4 Å². The van der Waals surface area contributed by atoms with Gasteiger partial charge in [0.15, 0.2) is 0 Å². The molecule has 0 atom stereocenters. The molecule has 0 bridgehead atoms. The molecule has 1 aliphatic carbocycles. The third-order valence-electron chi connectivity index (χ3n) is 2.85. The van der Waals surface area contributed by atoms with E-state index in [2.05, 4.69) is 5.32 Å². The molecule has 2 N–H and O–H groups in total. The number of carbonyl (C=O) groups excluding carboxylic acids is 1. The summed E-state index contributed by atoms with van der Waals surface area (Å²) < 4.78 is 0. The lowest BCUT2D eigenvalue weighted by molar-refractivity contribution is -0.119. The highest BCUT2D eigenvalue weighted by atomic mass is 35.5. The van der Waals surface area contributed by atoms with Gasteiger partial charge in [-0.3, -0.25) is 4.79 Å². The summed E-state index contributed by atoms with van der Waals surface area (Å²) in [5, 5.41) is 11.7. The maximum Gasteiger partial charge on any atom is 0.335 e. The lowest BCUT2D eigenvalue weighted by Gasteiger charge is -2.11. The van der Waals surface area contributed by atoms with Crippen LogP contribution in [0.2, 0.25) is 5.02 Å². The number of benzene rings is 1. The van der Waals surface area contributed by atoms with E-state index < -0.39 is 5.97 Å². The van der Waals surface area contributed by atoms with Gasteiger partial charge in [0.1, 0.15) is 0 Å². The molecule has 18 heavy (non-hydrogen) atoms. The standard InChI is InChI=1S/C13H12ClNO3/c14-10-7-9(13(17)18)5-6-11(10)15-12(16)8-3-1-2-4-8/h1-2,5-8H,3-4H2,(H,15,16)(H,17,18). The number of nitrogens with one attached hydrogen (secondary N) is 1. The van der Waals surface area contributed by atoms with E-state index >= 15 is 0 Å². The van der Waals surface area contributed by atoms with Crippen molar-refractivity contribution in [3.05, 3.63) is 40.9 Å². The second kappa shape index (κ2) is 5.23. The Labute approximate surface area is 109 Å². The predicted octanol–water partition coefficient (Wildman–Crippen LogP) is 2.94. The van der Waals surface area contributed by atoms with Gasteiger partial charge in [-0.15, -0.1) is 0 Å². The Bertz CT molecular complexity index is 517. The predicted molar refractivity (Wildman–Crippen MR) is 68.9 cm³/mol. The summed E-state index contributed by atoms with van der Waals surface area (Å²) in [5.74, 6) is -1.19. The fourth-order valence-electron chi connectivity index (χ4n) is 1.82. The lowest BCUT2D eigenvalue weighted by Crippen LogP contribution is -2.20. The van der Waals surface area contributed by atoms with E-state index in [1.54, 1.807) is 0 Å². The molecule has 0 spiro atoms. The van der Waals surface area contributed by atoms with Gasteiger partial charge in [0, 0.05) is 5.92 Å². The van der Waals surface area contributed by atoms with Crippen LogP contribution in [-0.2, 0) is 4.79 Å². The van der Waals surface area contributed by atoms with Crippen molar-refractivity contribution >= 4 is 29.2 Å². The van der Waals surface area contributed by atoms with Crippen LogP contribution in [0.1, 0.15) is 23.2 Å². The van der Waals surface area contributed by atoms with E-state index in [4.69, 9.17) is 16.7 Å². The van der Waals surface area contributed by atoms with Crippen LogP contribution in [0.5, 0.6) is 0 Å². The Morgan fingerprint density at radius 1 is 1.28 bits per heavy atom. The third-order valence-corrected chi connectivity index (χ3v) is 3.17. The molecule has 4 nitrogen and oxygen atoms in total. The number of halogens is 1. The van der Waals surface area contributed by atoms with Crippen molar-refractivity contribution in [1.29, 1.82) is 0 Å². The zero-order valence-corrected chi connectivity index (χ0v) is 10.3. The van der Waals surface area contributed by atoms with Crippen molar-refractivity contribution in [2.75, 3.05) is 5.32 Å². The molecule has 1 amide bonds. The summed E-state index contributed by atoms with van der Waals surface area (Å²) in [4.78, 5) is 22.6. The number of hydrogen-bond acceptors (Lipinski definition) is 2. The Balaban J connectivity index is 2.09. The van der Waals surface area contributed by atoms with Crippen LogP contribution in [0.4, 0.5) is 5.69 Å². The second-order valence-electron chi connectivity index (χ2n) is 4.13. The molecule has 1 aromatic carbocycles. The summed E-state index contributed by atoms with van der Waals surface area (Å²) in [6, 6.07) is 4.25. The first kappa shape index (κ1) is 12.6. The molecule has 0 heterocycles. The maximum absolute atomic E-state index is 11.9. The summed E-state index contributed by atoms with van der Waals surface area (Å²) in [5.41, 5.74) is 0.541. The van der Waals surface area contributed by atoms with Gasteiger partial charge in [0.2, 0.25) is 5.91 Å². The normalized spacial score (nSPS) is 14.7. The van der Waals surface area contributed by atoms with Gasteiger partial charge in [-0.2, -0.15) is 0 Å². The number of anilines is 1. The van der Waals surface area contributed by atoms with Crippen molar-refractivity contribution < 1.29 is 14.7 Å². The van der Waals surface area contributed by atoms with Gasteiger partial charge >= 0.3 is 5.97 Å². The summed E-state index contributed by atoms with van der Waals surface area (Å²) in [7, 11) is 0. The quantitative estimate of drug-likeness (QED) is 0.826. The average Bonchev–Trinajstić information content (AvgIpc) is 2.85. The maximum atomic E-state index is 11.9. The SMILES string of the molecule is O=C(O)c1ccc(NC(=O)C2CC=CC2)c(Cl)c1. The van der Waals surface area contributed by atoms with Crippen molar-refractivity contribution in [3.63, 3.8) is 0 Å². The molecular weight excluding hydrogens is 254 g/mol. The third kappa shape index (κ3) is 2.71. The number of hydrogen-bond donors (Lipinski definition) is 2. The molecule has 0 unspecified atom stereocenters. The topological polar surface area (TPSA) is 66.4 Å². The number of carboxylic acids is 1. The van der Waals surface area contributed by atoms with Gasteiger partial charge in [-0.1, -0.05) is 23.8 Å². The fourth-order valence-corrected chi connectivity index (χ4v) is 2.04. The molecule has 0 aliphatic heterocycles. The lowest BCUT2D eigenvalue weighted by atomic mass is 10.1. The number of carbonyl (C=O) groups is 2. The van der Waals surface area contributed by atoms with Gasteiger partial charge in [0.25, 0.3) is 0 Å². The van der Waals surface area contributed by atoms with Crippen molar-refractivity contribution in [2.24, 2.45) is 5.92 Å². The second-order valence-corrected chi connectivity index (χ2v) is 4.54. The summed E-state index contributed by atoms with van der Waals surface area (Å²) in [6.45, 7) is 0. The van der Waals surface area contributed by atoms with E-state index in [0.29, 0.717) is 5.69 Å². The smallest absolute Gasteiger partial charge is 0.335 e. The Morgan fingerprint density at radius 3 is 2.50 bits per heavy atom. The summed E-state index contributed by atoms with van der Waals surface area (Å²) in [6.07, 6.45) is 5.41. The number of allylic oxidation sites excluding steroid dienone is 2. The number of rotatable bonds is 3. The summed E-state index contributed by atoms with van der Waals surface area (Å²) >= 11 is 5.93. The molecule has 1 aliphatic rings. The van der Waals surface area contributed by atoms with E-state index in [0.717, 1.165) is 12.8 Å². The first-order valence-electron chi connectivity index (χ1n) is 5.56. The Hall–Kier alpha value is -1.81. The molecule has 0 saturated carbocycles. The largest absolute Gasteiger partial charge is 0.478 e. The Morgan fingerprint density at radius 2 is 1.94 bits per heavy atom.